The Morgan fingerprint density at radius 1 is 1.20 bits per heavy atom. The van der Waals surface area contributed by atoms with Gasteiger partial charge in [-0.25, -0.2) is 0 Å². The minimum atomic E-state index is 0.120. The molecule has 3 rings (SSSR count). The molecule has 0 unspecified atom stereocenters. The van der Waals surface area contributed by atoms with Crippen LogP contribution in [0.1, 0.15) is 56.6 Å². The molecule has 2 fully saturated rings. The quantitative estimate of drug-likeness (QED) is 0.788. The number of amides is 1. The zero-order chi connectivity index (χ0) is 17.5. The Hall–Kier alpha value is -1.40. The van der Waals surface area contributed by atoms with Crippen LogP contribution in [0.3, 0.4) is 0 Å². The van der Waals surface area contributed by atoms with Gasteiger partial charge in [0, 0.05) is 24.4 Å². The van der Waals surface area contributed by atoms with Gasteiger partial charge in [-0.2, -0.15) is 5.10 Å². The van der Waals surface area contributed by atoms with Gasteiger partial charge in [0.2, 0.25) is 5.91 Å². The lowest BCUT2D eigenvalue weighted by Gasteiger charge is -2.32. The first-order chi connectivity index (χ1) is 12.3. The summed E-state index contributed by atoms with van der Waals surface area (Å²) >= 11 is 0. The predicted octanol–water partition coefficient (Wildman–Crippen LogP) is 1.75. The minimum absolute atomic E-state index is 0.120. The Balaban J connectivity index is 1.38. The molecule has 1 aromatic heterocycles. The van der Waals surface area contributed by atoms with Gasteiger partial charge in [0.05, 0.1) is 19.7 Å². The molecule has 6 heteroatoms. The van der Waals surface area contributed by atoms with Crippen molar-refractivity contribution >= 4 is 5.91 Å². The van der Waals surface area contributed by atoms with Gasteiger partial charge in [-0.1, -0.05) is 19.3 Å². The summed E-state index contributed by atoms with van der Waals surface area (Å²) in [5.74, 6) is 1.35. The number of hydrogen-bond acceptors (Lipinski definition) is 4. The molecule has 6 nitrogen and oxygen atoms in total. The van der Waals surface area contributed by atoms with Crippen LogP contribution in [0.4, 0.5) is 0 Å². The normalized spacial score (nSPS) is 20.7. The highest BCUT2D eigenvalue weighted by Gasteiger charge is 2.24. The summed E-state index contributed by atoms with van der Waals surface area (Å²) in [5, 5.41) is 16.6. The van der Waals surface area contributed by atoms with Gasteiger partial charge in [0.15, 0.2) is 0 Å². The second-order valence-corrected chi connectivity index (χ2v) is 7.56. The number of carbonyl (C=O) groups is 1. The first-order valence-corrected chi connectivity index (χ1v) is 9.88. The second-order valence-electron chi connectivity index (χ2n) is 7.56. The van der Waals surface area contributed by atoms with Crippen LogP contribution >= 0.6 is 0 Å². The third-order valence-electron chi connectivity index (χ3n) is 5.75. The van der Waals surface area contributed by atoms with Crippen molar-refractivity contribution < 1.29 is 9.90 Å². The first kappa shape index (κ1) is 18.4. The number of rotatable bonds is 7. The van der Waals surface area contributed by atoms with Crippen LogP contribution in [0.2, 0.25) is 0 Å². The molecule has 0 bridgehead atoms. The standard InChI is InChI=1S/C19H32N4O2/c24-13-12-23-18(6-9-21-23)17-7-10-22(11-8-17)15-19(25)20-14-16-4-2-1-3-5-16/h6,9,16-17,24H,1-5,7-8,10-15H2,(H,20,25). The number of nitrogens with zero attached hydrogens (tertiary/aromatic N) is 3. The predicted molar refractivity (Wildman–Crippen MR) is 97.3 cm³/mol. The SMILES string of the molecule is O=C(CN1CCC(c2ccnn2CCO)CC1)NCC1CCCCC1. The highest BCUT2D eigenvalue weighted by atomic mass is 16.3. The first-order valence-electron chi connectivity index (χ1n) is 9.88. The van der Waals surface area contributed by atoms with Gasteiger partial charge in [0.25, 0.3) is 0 Å². The molecule has 0 radical (unpaired) electrons. The lowest BCUT2D eigenvalue weighted by Crippen LogP contribution is -2.42. The van der Waals surface area contributed by atoms with E-state index in [0.717, 1.165) is 32.5 Å². The largest absolute Gasteiger partial charge is 0.394 e. The van der Waals surface area contributed by atoms with Crippen molar-refractivity contribution in [1.82, 2.24) is 20.0 Å². The van der Waals surface area contributed by atoms with E-state index in [4.69, 9.17) is 5.11 Å². The zero-order valence-electron chi connectivity index (χ0n) is 15.2. The molecule has 1 aromatic rings. The van der Waals surface area contributed by atoms with Crippen LogP contribution in [0, 0.1) is 5.92 Å². The number of likely N-dealkylation sites (tertiary alicyclic amines) is 1. The lowest BCUT2D eigenvalue weighted by atomic mass is 9.89. The molecule has 0 spiro atoms. The van der Waals surface area contributed by atoms with E-state index in [2.05, 4.69) is 21.4 Å². The molecule has 0 aromatic carbocycles. The molecule has 1 saturated heterocycles. The Morgan fingerprint density at radius 3 is 2.68 bits per heavy atom. The molecule has 2 N–H and O–H groups in total. The smallest absolute Gasteiger partial charge is 0.234 e. The van der Waals surface area contributed by atoms with Crippen LogP contribution in [0.5, 0.6) is 0 Å². The maximum Gasteiger partial charge on any atom is 0.234 e. The molecular formula is C19H32N4O2. The third kappa shape index (κ3) is 5.28. The topological polar surface area (TPSA) is 70.4 Å². The summed E-state index contributed by atoms with van der Waals surface area (Å²) in [6, 6.07) is 2.06. The minimum Gasteiger partial charge on any atom is -0.394 e. The third-order valence-corrected chi connectivity index (χ3v) is 5.75. The number of aliphatic hydroxyl groups excluding tert-OH is 1. The molecule has 1 saturated carbocycles. The van der Waals surface area contributed by atoms with Crippen molar-refractivity contribution in [2.24, 2.45) is 5.92 Å². The molecule has 25 heavy (non-hydrogen) atoms. The molecule has 140 valence electrons. The summed E-state index contributed by atoms with van der Waals surface area (Å²) in [6.45, 7) is 3.96. The van der Waals surface area contributed by atoms with E-state index in [1.165, 1.54) is 37.8 Å². The van der Waals surface area contributed by atoms with E-state index in [1.54, 1.807) is 0 Å². The van der Waals surface area contributed by atoms with Crippen LogP contribution in [-0.2, 0) is 11.3 Å². The molecule has 0 atom stereocenters. The number of piperidine rings is 1. The number of nitrogens with one attached hydrogen (secondary N) is 1. The zero-order valence-corrected chi connectivity index (χ0v) is 15.2. The van der Waals surface area contributed by atoms with Crippen LogP contribution in [-0.4, -0.2) is 58.5 Å². The molecule has 2 aliphatic rings. The van der Waals surface area contributed by atoms with Gasteiger partial charge in [-0.3, -0.25) is 14.4 Å². The number of carbonyl (C=O) groups excluding carboxylic acids is 1. The Bertz CT molecular complexity index is 531. The van der Waals surface area contributed by atoms with Crippen LogP contribution in [0.25, 0.3) is 0 Å². The molecule has 1 aliphatic carbocycles. The Kier molecular flexibility index (Phi) is 6.87. The maximum atomic E-state index is 12.2. The van der Waals surface area contributed by atoms with Crippen LogP contribution in [0.15, 0.2) is 12.3 Å². The van der Waals surface area contributed by atoms with E-state index in [-0.39, 0.29) is 12.5 Å². The monoisotopic (exact) mass is 348 g/mol. The summed E-state index contributed by atoms with van der Waals surface area (Å²) in [6.07, 6.45) is 10.5. The van der Waals surface area contributed by atoms with Gasteiger partial charge < -0.3 is 10.4 Å². The van der Waals surface area contributed by atoms with E-state index in [1.807, 2.05) is 10.9 Å². The van der Waals surface area contributed by atoms with E-state index in [9.17, 15) is 4.79 Å². The van der Waals surface area contributed by atoms with Crippen molar-refractivity contribution in [2.45, 2.75) is 57.4 Å². The lowest BCUT2D eigenvalue weighted by molar-refractivity contribution is -0.122. The van der Waals surface area contributed by atoms with Crippen molar-refractivity contribution in [3.8, 4) is 0 Å². The van der Waals surface area contributed by atoms with Crippen molar-refractivity contribution in [2.75, 3.05) is 32.8 Å². The summed E-state index contributed by atoms with van der Waals surface area (Å²) in [4.78, 5) is 14.5. The van der Waals surface area contributed by atoms with Gasteiger partial charge >= 0.3 is 0 Å². The fourth-order valence-corrected chi connectivity index (χ4v) is 4.27. The van der Waals surface area contributed by atoms with Crippen molar-refractivity contribution in [3.63, 3.8) is 0 Å². The fourth-order valence-electron chi connectivity index (χ4n) is 4.27. The molecule has 1 amide bonds. The molecule has 2 heterocycles. The highest BCUT2D eigenvalue weighted by molar-refractivity contribution is 5.78. The van der Waals surface area contributed by atoms with Crippen LogP contribution < -0.4 is 5.32 Å². The van der Waals surface area contributed by atoms with Crippen molar-refractivity contribution in [1.29, 1.82) is 0 Å². The summed E-state index contributed by atoms with van der Waals surface area (Å²) < 4.78 is 1.91. The number of hydrogen-bond donors (Lipinski definition) is 2. The Labute approximate surface area is 150 Å². The Morgan fingerprint density at radius 2 is 1.96 bits per heavy atom. The van der Waals surface area contributed by atoms with Crippen molar-refractivity contribution in [3.05, 3.63) is 18.0 Å². The highest BCUT2D eigenvalue weighted by Crippen LogP contribution is 2.27. The fraction of sp³-hybridized carbons (Fsp3) is 0.789. The summed E-state index contributed by atoms with van der Waals surface area (Å²) in [5.41, 5.74) is 1.22. The van der Waals surface area contributed by atoms with E-state index >= 15 is 0 Å². The molecular weight excluding hydrogens is 316 g/mol. The summed E-state index contributed by atoms with van der Waals surface area (Å²) in [7, 11) is 0. The van der Waals surface area contributed by atoms with Gasteiger partial charge in [0.1, 0.15) is 0 Å². The van der Waals surface area contributed by atoms with E-state index < -0.39 is 0 Å². The second kappa shape index (κ2) is 9.34. The van der Waals surface area contributed by atoms with E-state index in [0.29, 0.717) is 24.9 Å². The maximum absolute atomic E-state index is 12.2. The number of aliphatic hydroxyl groups is 1. The number of aromatic nitrogens is 2. The average molecular weight is 348 g/mol. The van der Waals surface area contributed by atoms with Gasteiger partial charge in [-0.15, -0.1) is 0 Å². The average Bonchev–Trinajstić information content (AvgIpc) is 3.10. The van der Waals surface area contributed by atoms with Gasteiger partial charge in [-0.05, 0) is 50.8 Å². The molecule has 1 aliphatic heterocycles.